The molecule has 3 aromatic carbocycles. The molecule has 214 valence electrons. The molecule has 1 aliphatic rings. The van der Waals surface area contributed by atoms with Gasteiger partial charge in [0.25, 0.3) is 0 Å². The van der Waals surface area contributed by atoms with Crippen molar-refractivity contribution in [2.75, 3.05) is 11.3 Å². The van der Waals surface area contributed by atoms with Crippen molar-refractivity contribution in [2.45, 2.75) is 35.6 Å². The topological polar surface area (TPSA) is 49.7 Å². The van der Waals surface area contributed by atoms with Gasteiger partial charge in [0.1, 0.15) is 11.5 Å². The Labute approximate surface area is 220 Å². The van der Waals surface area contributed by atoms with E-state index in [-0.39, 0.29) is 16.7 Å². The third-order valence-corrected chi connectivity index (χ3v) is 7.23. The third-order valence-electron chi connectivity index (χ3n) is 6.07. The lowest BCUT2D eigenvalue weighted by Gasteiger charge is -2.25. The average molecular weight is 598 g/mol. The van der Waals surface area contributed by atoms with Crippen LogP contribution >= 0.6 is 0 Å². The van der Waals surface area contributed by atoms with Crippen molar-refractivity contribution >= 4 is 21.2 Å². The molecule has 0 saturated carbocycles. The van der Waals surface area contributed by atoms with Crippen LogP contribution < -0.4 is 5.01 Å². The van der Waals surface area contributed by atoms with Gasteiger partial charge in [0.15, 0.2) is 15.7 Å². The molecular formula is C25H16F10N2O2S. The first-order valence-electron chi connectivity index (χ1n) is 11.1. The van der Waals surface area contributed by atoms with Crippen LogP contribution in [-0.2, 0) is 16.0 Å². The largest absolute Gasteiger partial charge is 0.459 e. The van der Waals surface area contributed by atoms with Crippen molar-refractivity contribution in [3.63, 3.8) is 0 Å². The summed E-state index contributed by atoms with van der Waals surface area (Å²) in [5.41, 5.74) is -3.93. The highest BCUT2D eigenvalue weighted by Crippen LogP contribution is 2.46. The van der Waals surface area contributed by atoms with Gasteiger partial charge in [-0.2, -0.15) is 40.2 Å². The van der Waals surface area contributed by atoms with Crippen molar-refractivity contribution in [1.29, 1.82) is 0 Å². The molecule has 1 heterocycles. The van der Waals surface area contributed by atoms with Crippen molar-refractivity contribution in [2.24, 2.45) is 5.10 Å². The second kappa shape index (κ2) is 9.78. The zero-order valence-electron chi connectivity index (χ0n) is 20.0. The standard InChI is InChI=1S/C25H16F10N2O2S/c1-40(38,39)21-8-5-14(10-17(21)24(30,31)32)13-3-2-4-15(9-13)20-12-22(23(28,29)25(33,34)35)36-37(20)19-7-6-16(26)11-18(19)27/h2-11,20H,12H2,1H3. The maximum atomic E-state index is 14.6. The van der Waals surface area contributed by atoms with E-state index < -0.39 is 74.1 Å². The van der Waals surface area contributed by atoms with Crippen LogP contribution in [-0.4, -0.2) is 32.5 Å². The molecule has 1 aliphatic heterocycles. The smallest absolute Gasteiger partial charge is 0.255 e. The van der Waals surface area contributed by atoms with Gasteiger partial charge in [-0.1, -0.05) is 24.3 Å². The molecule has 1 unspecified atom stereocenters. The van der Waals surface area contributed by atoms with Gasteiger partial charge in [0.05, 0.1) is 22.2 Å². The van der Waals surface area contributed by atoms with Gasteiger partial charge in [-0.15, -0.1) is 0 Å². The Balaban J connectivity index is 1.83. The molecule has 0 amide bonds. The average Bonchev–Trinajstić information content (AvgIpc) is 3.28. The Morgan fingerprint density at radius 1 is 0.850 bits per heavy atom. The predicted octanol–water partition coefficient (Wildman–Crippen LogP) is 7.56. The quantitative estimate of drug-likeness (QED) is 0.285. The zero-order chi connectivity index (χ0) is 29.8. The highest BCUT2D eigenvalue weighted by molar-refractivity contribution is 7.90. The number of nitrogens with zero attached hydrogens (tertiary/aromatic N) is 2. The lowest BCUT2D eigenvalue weighted by atomic mass is 9.94. The van der Waals surface area contributed by atoms with E-state index in [1.807, 2.05) is 0 Å². The number of hydrogen-bond acceptors (Lipinski definition) is 4. The Kier molecular flexibility index (Phi) is 7.18. The molecule has 4 rings (SSSR count). The highest BCUT2D eigenvalue weighted by Gasteiger charge is 2.63. The van der Waals surface area contributed by atoms with E-state index in [1.54, 1.807) is 0 Å². The predicted molar refractivity (Wildman–Crippen MR) is 125 cm³/mol. The van der Waals surface area contributed by atoms with Gasteiger partial charge in [-0.05, 0) is 47.0 Å². The molecule has 0 bridgehead atoms. The van der Waals surface area contributed by atoms with E-state index in [1.165, 1.54) is 24.3 Å². The van der Waals surface area contributed by atoms with Gasteiger partial charge in [0, 0.05) is 18.7 Å². The Bertz CT molecular complexity index is 1600. The monoisotopic (exact) mass is 598 g/mol. The molecule has 15 heteroatoms. The van der Waals surface area contributed by atoms with Crippen LogP contribution in [0.15, 0.2) is 70.7 Å². The van der Waals surface area contributed by atoms with Crippen molar-refractivity contribution in [3.8, 4) is 11.1 Å². The van der Waals surface area contributed by atoms with Crippen molar-refractivity contribution < 1.29 is 52.3 Å². The Morgan fingerprint density at radius 2 is 1.50 bits per heavy atom. The first-order chi connectivity index (χ1) is 18.3. The number of halogens is 10. The van der Waals surface area contributed by atoms with Gasteiger partial charge in [0.2, 0.25) is 0 Å². The fourth-order valence-corrected chi connectivity index (χ4v) is 5.08. The minimum absolute atomic E-state index is 0.0126. The summed E-state index contributed by atoms with van der Waals surface area (Å²) >= 11 is 0. The molecule has 4 nitrogen and oxygen atoms in total. The molecule has 0 aliphatic carbocycles. The van der Waals surface area contributed by atoms with E-state index >= 15 is 0 Å². The van der Waals surface area contributed by atoms with Crippen LogP contribution in [0.5, 0.6) is 0 Å². The number of anilines is 1. The summed E-state index contributed by atoms with van der Waals surface area (Å²) in [5.74, 6) is -7.77. The molecule has 0 N–H and O–H groups in total. The summed E-state index contributed by atoms with van der Waals surface area (Å²) in [6.45, 7) is 0. The lowest BCUT2D eigenvalue weighted by Crippen LogP contribution is -2.43. The van der Waals surface area contributed by atoms with E-state index in [4.69, 9.17) is 0 Å². The minimum Gasteiger partial charge on any atom is -0.255 e. The lowest BCUT2D eigenvalue weighted by molar-refractivity contribution is -0.249. The normalized spacial score (nSPS) is 16.8. The summed E-state index contributed by atoms with van der Waals surface area (Å²) < 4.78 is 160. The molecule has 0 saturated heterocycles. The fourth-order valence-electron chi connectivity index (χ4n) is 4.19. The third kappa shape index (κ3) is 5.51. The molecule has 0 spiro atoms. The van der Waals surface area contributed by atoms with Crippen molar-refractivity contribution in [3.05, 3.63) is 83.4 Å². The molecule has 0 fully saturated rings. The Morgan fingerprint density at radius 3 is 2.08 bits per heavy atom. The Hall–Kier alpha value is -3.62. The second-order valence-electron chi connectivity index (χ2n) is 8.89. The number of benzene rings is 3. The first-order valence-corrected chi connectivity index (χ1v) is 13.0. The first kappa shape index (κ1) is 29.4. The van der Waals surface area contributed by atoms with Crippen LogP contribution in [0.4, 0.5) is 49.6 Å². The van der Waals surface area contributed by atoms with Gasteiger partial charge < -0.3 is 0 Å². The molecule has 0 aromatic heterocycles. The van der Waals surface area contributed by atoms with Gasteiger partial charge in [-0.25, -0.2) is 17.2 Å². The van der Waals surface area contributed by atoms with Gasteiger partial charge in [-0.3, -0.25) is 5.01 Å². The van der Waals surface area contributed by atoms with E-state index in [0.717, 1.165) is 24.3 Å². The number of sulfone groups is 1. The summed E-state index contributed by atoms with van der Waals surface area (Å²) in [4.78, 5) is -0.985. The van der Waals surface area contributed by atoms with Gasteiger partial charge >= 0.3 is 18.3 Å². The highest BCUT2D eigenvalue weighted by atomic mass is 32.2. The molecule has 1 atom stereocenters. The zero-order valence-corrected chi connectivity index (χ0v) is 20.8. The van der Waals surface area contributed by atoms with E-state index in [2.05, 4.69) is 5.10 Å². The number of rotatable bonds is 5. The van der Waals surface area contributed by atoms with E-state index in [0.29, 0.717) is 23.4 Å². The van der Waals surface area contributed by atoms with E-state index in [9.17, 15) is 52.3 Å². The van der Waals surface area contributed by atoms with Crippen molar-refractivity contribution in [1.82, 2.24) is 0 Å². The molecule has 3 aromatic rings. The van der Waals surface area contributed by atoms with Crippen LogP contribution in [0.25, 0.3) is 11.1 Å². The number of alkyl halides is 8. The molecular weight excluding hydrogens is 582 g/mol. The summed E-state index contributed by atoms with van der Waals surface area (Å²) in [6.07, 6.45) is -11.6. The summed E-state index contributed by atoms with van der Waals surface area (Å²) in [7, 11) is -4.28. The molecule has 40 heavy (non-hydrogen) atoms. The molecule has 0 radical (unpaired) electrons. The summed E-state index contributed by atoms with van der Waals surface area (Å²) in [6, 6.07) is 7.74. The number of hydrogen-bond donors (Lipinski definition) is 0. The van der Waals surface area contributed by atoms with Crippen LogP contribution in [0.1, 0.15) is 23.6 Å². The maximum absolute atomic E-state index is 14.6. The fraction of sp³-hybridized carbons (Fsp3) is 0.240. The van der Waals surface area contributed by atoms with Crippen LogP contribution in [0.2, 0.25) is 0 Å². The van der Waals surface area contributed by atoms with Crippen LogP contribution in [0, 0.1) is 11.6 Å². The minimum atomic E-state index is -6.04. The maximum Gasteiger partial charge on any atom is 0.459 e. The SMILES string of the molecule is CS(=O)(=O)c1ccc(-c2cccc(C3CC(C(F)(F)C(F)(F)F)=NN3c3ccc(F)cc3F)c2)cc1C(F)(F)F. The summed E-state index contributed by atoms with van der Waals surface area (Å²) in [5, 5.41) is 3.86. The number of hydrazone groups is 1. The second-order valence-corrected chi connectivity index (χ2v) is 10.9. The van der Waals surface area contributed by atoms with Crippen LogP contribution in [0.3, 0.4) is 0 Å².